The fraction of sp³-hybridized carbons (Fsp3) is 0.250. The Morgan fingerprint density at radius 1 is 1.41 bits per heavy atom. The van der Waals surface area contributed by atoms with E-state index in [2.05, 4.69) is 11.7 Å². The molecule has 2 rings (SSSR count). The number of nitrogens with zero attached hydrogens (tertiary/aromatic N) is 3. The van der Waals surface area contributed by atoms with Gasteiger partial charge in [0.2, 0.25) is 0 Å². The fourth-order valence-electron chi connectivity index (χ4n) is 2.19. The van der Waals surface area contributed by atoms with E-state index in [4.69, 9.17) is 0 Å². The lowest BCUT2D eigenvalue weighted by molar-refractivity contribution is -0.114. The average Bonchev–Trinajstić information content (AvgIpc) is 2.93. The Morgan fingerprint density at radius 2 is 2.14 bits per heavy atom. The Bertz CT molecular complexity index is 694. The predicted octanol–water partition coefficient (Wildman–Crippen LogP) is 3.46. The van der Waals surface area contributed by atoms with Gasteiger partial charge in [-0.3, -0.25) is 9.48 Å². The van der Waals surface area contributed by atoms with E-state index in [9.17, 15) is 13.6 Å². The number of anilines is 1. The van der Waals surface area contributed by atoms with Crippen LogP contribution in [0.5, 0.6) is 0 Å². The molecular formula is C16H17F2N3O. The molecule has 1 aromatic carbocycles. The topological polar surface area (TPSA) is 38.1 Å². The van der Waals surface area contributed by atoms with Crippen molar-refractivity contribution in [3.05, 3.63) is 60.4 Å². The molecule has 0 bridgehead atoms. The average molecular weight is 305 g/mol. The fourth-order valence-corrected chi connectivity index (χ4v) is 2.19. The molecule has 0 saturated carbocycles. The molecule has 0 radical (unpaired) electrons. The van der Waals surface area contributed by atoms with Gasteiger partial charge in [0.25, 0.3) is 5.91 Å². The van der Waals surface area contributed by atoms with Gasteiger partial charge < -0.3 is 4.90 Å². The molecule has 0 unspecified atom stereocenters. The van der Waals surface area contributed by atoms with Crippen LogP contribution in [0.3, 0.4) is 0 Å². The largest absolute Gasteiger partial charge is 0.300 e. The number of halogens is 2. The monoisotopic (exact) mass is 305 g/mol. The quantitative estimate of drug-likeness (QED) is 0.793. The van der Waals surface area contributed by atoms with Crippen LogP contribution in [-0.2, 0) is 11.3 Å². The first-order valence-corrected chi connectivity index (χ1v) is 6.85. The van der Waals surface area contributed by atoms with Crippen molar-refractivity contribution in [1.29, 1.82) is 0 Å². The zero-order chi connectivity index (χ0) is 16.3. The predicted molar refractivity (Wildman–Crippen MR) is 80.4 cm³/mol. The summed E-state index contributed by atoms with van der Waals surface area (Å²) in [6.45, 7) is 7.45. The summed E-state index contributed by atoms with van der Waals surface area (Å²) in [5, 5.41) is 4.18. The standard InChI is InChI=1S/C16H17F2N3O/c1-4-16(22)20(15-6-5-12(17)9-14(15)18)10-13-7-8-19-21(13)11(2)3/h4-9,11H,1,10H2,2-3H3. The van der Waals surface area contributed by atoms with Gasteiger partial charge in [-0.1, -0.05) is 6.58 Å². The van der Waals surface area contributed by atoms with Crippen LogP contribution in [0.25, 0.3) is 0 Å². The molecule has 0 N–H and O–H groups in total. The first kappa shape index (κ1) is 15.9. The smallest absolute Gasteiger partial charge is 0.250 e. The number of amides is 1. The Labute approximate surface area is 127 Å². The number of carbonyl (C=O) groups is 1. The van der Waals surface area contributed by atoms with Crippen molar-refractivity contribution in [2.24, 2.45) is 0 Å². The van der Waals surface area contributed by atoms with E-state index in [1.807, 2.05) is 13.8 Å². The molecule has 0 aliphatic carbocycles. The van der Waals surface area contributed by atoms with Gasteiger partial charge in [-0.05, 0) is 38.1 Å². The summed E-state index contributed by atoms with van der Waals surface area (Å²) in [6, 6.07) is 4.95. The second-order valence-electron chi connectivity index (χ2n) is 5.09. The first-order chi connectivity index (χ1) is 10.4. The number of aromatic nitrogens is 2. The summed E-state index contributed by atoms with van der Waals surface area (Å²) >= 11 is 0. The Morgan fingerprint density at radius 3 is 2.73 bits per heavy atom. The maximum atomic E-state index is 14.0. The number of benzene rings is 1. The van der Waals surface area contributed by atoms with Crippen LogP contribution >= 0.6 is 0 Å². The highest BCUT2D eigenvalue weighted by atomic mass is 19.1. The summed E-state index contributed by atoms with van der Waals surface area (Å²) < 4.78 is 28.8. The van der Waals surface area contributed by atoms with Crippen molar-refractivity contribution in [3.63, 3.8) is 0 Å². The summed E-state index contributed by atoms with van der Waals surface area (Å²) in [4.78, 5) is 13.3. The van der Waals surface area contributed by atoms with Crippen molar-refractivity contribution >= 4 is 11.6 Å². The van der Waals surface area contributed by atoms with E-state index in [0.29, 0.717) is 0 Å². The number of carbonyl (C=O) groups excluding carboxylic acids is 1. The molecule has 0 aliphatic rings. The minimum atomic E-state index is -0.800. The van der Waals surface area contributed by atoms with Crippen molar-refractivity contribution in [3.8, 4) is 0 Å². The molecule has 2 aromatic rings. The van der Waals surface area contributed by atoms with E-state index in [1.165, 1.54) is 11.0 Å². The van der Waals surface area contributed by atoms with Gasteiger partial charge in [-0.15, -0.1) is 0 Å². The van der Waals surface area contributed by atoms with Crippen molar-refractivity contribution in [1.82, 2.24) is 9.78 Å². The highest BCUT2D eigenvalue weighted by Crippen LogP contribution is 2.23. The van der Waals surface area contributed by atoms with Crippen molar-refractivity contribution < 1.29 is 13.6 Å². The number of hydrogen-bond donors (Lipinski definition) is 0. The summed E-state index contributed by atoms with van der Waals surface area (Å²) in [5.41, 5.74) is 0.747. The van der Waals surface area contributed by atoms with Gasteiger partial charge in [0.1, 0.15) is 11.6 Å². The first-order valence-electron chi connectivity index (χ1n) is 6.85. The highest BCUT2D eigenvalue weighted by Gasteiger charge is 2.20. The van der Waals surface area contributed by atoms with Gasteiger partial charge in [-0.2, -0.15) is 5.10 Å². The van der Waals surface area contributed by atoms with Gasteiger partial charge in [0.15, 0.2) is 0 Å². The molecule has 0 saturated heterocycles. The number of hydrogen-bond acceptors (Lipinski definition) is 2. The maximum Gasteiger partial charge on any atom is 0.250 e. The SMILES string of the molecule is C=CC(=O)N(Cc1ccnn1C(C)C)c1ccc(F)cc1F. The minimum Gasteiger partial charge on any atom is -0.300 e. The summed E-state index contributed by atoms with van der Waals surface area (Å²) in [7, 11) is 0. The Kier molecular flexibility index (Phi) is 4.70. The van der Waals surface area contributed by atoms with Crippen molar-refractivity contribution in [2.45, 2.75) is 26.4 Å². The van der Waals surface area contributed by atoms with Crippen LogP contribution in [0.15, 0.2) is 43.1 Å². The van der Waals surface area contributed by atoms with Gasteiger partial charge in [0.05, 0.1) is 17.9 Å². The van der Waals surface area contributed by atoms with E-state index in [-0.39, 0.29) is 18.3 Å². The molecule has 1 aromatic heterocycles. The molecule has 22 heavy (non-hydrogen) atoms. The Hall–Kier alpha value is -2.50. The van der Waals surface area contributed by atoms with Gasteiger partial charge in [-0.25, -0.2) is 8.78 Å². The highest BCUT2D eigenvalue weighted by molar-refractivity contribution is 6.01. The zero-order valence-electron chi connectivity index (χ0n) is 12.5. The van der Waals surface area contributed by atoms with Crippen LogP contribution in [0.1, 0.15) is 25.6 Å². The number of rotatable bonds is 5. The third kappa shape index (κ3) is 3.21. The molecule has 4 nitrogen and oxygen atoms in total. The minimum absolute atomic E-state index is 0.00260. The van der Waals surface area contributed by atoms with E-state index >= 15 is 0 Å². The summed E-state index contributed by atoms with van der Waals surface area (Å²) in [6.07, 6.45) is 2.71. The van der Waals surface area contributed by atoms with Crippen LogP contribution in [0.2, 0.25) is 0 Å². The molecule has 116 valence electrons. The molecule has 0 aliphatic heterocycles. The van der Waals surface area contributed by atoms with E-state index in [0.717, 1.165) is 23.9 Å². The summed E-state index contributed by atoms with van der Waals surface area (Å²) in [5.74, 6) is -1.97. The zero-order valence-corrected chi connectivity index (χ0v) is 12.5. The second kappa shape index (κ2) is 6.51. The lowest BCUT2D eigenvalue weighted by Gasteiger charge is -2.23. The van der Waals surface area contributed by atoms with Crippen molar-refractivity contribution in [2.75, 3.05) is 4.90 Å². The van der Waals surface area contributed by atoms with Crippen LogP contribution < -0.4 is 4.90 Å². The molecule has 1 amide bonds. The van der Waals surface area contributed by atoms with Gasteiger partial charge in [0, 0.05) is 18.3 Å². The van der Waals surface area contributed by atoms with Crippen LogP contribution in [0.4, 0.5) is 14.5 Å². The Balaban J connectivity index is 2.41. The lowest BCUT2D eigenvalue weighted by Crippen LogP contribution is -2.30. The lowest BCUT2D eigenvalue weighted by atomic mass is 10.2. The van der Waals surface area contributed by atoms with E-state index in [1.54, 1.807) is 16.9 Å². The normalized spacial score (nSPS) is 10.8. The van der Waals surface area contributed by atoms with Gasteiger partial charge >= 0.3 is 0 Å². The third-order valence-corrected chi connectivity index (χ3v) is 3.20. The molecule has 0 spiro atoms. The van der Waals surface area contributed by atoms with Crippen LogP contribution in [-0.4, -0.2) is 15.7 Å². The molecule has 6 heteroatoms. The second-order valence-corrected chi connectivity index (χ2v) is 5.09. The molecular weight excluding hydrogens is 288 g/mol. The third-order valence-electron chi connectivity index (χ3n) is 3.20. The molecule has 0 fully saturated rings. The molecule has 1 heterocycles. The van der Waals surface area contributed by atoms with Crippen LogP contribution in [0, 0.1) is 11.6 Å². The van der Waals surface area contributed by atoms with E-state index < -0.39 is 17.5 Å². The molecule has 0 atom stereocenters. The maximum absolute atomic E-state index is 14.0.